The molecule has 2 unspecified atom stereocenters. The second-order valence-electron chi connectivity index (χ2n) is 15.5. The highest BCUT2D eigenvalue weighted by atomic mass is 28.4. The quantitative estimate of drug-likeness (QED) is 0.0611. The molecule has 0 aliphatic rings. The molecule has 0 saturated heterocycles. The zero-order chi connectivity index (χ0) is 38.6. The summed E-state index contributed by atoms with van der Waals surface area (Å²) < 4.78 is 61.5. The van der Waals surface area contributed by atoms with Gasteiger partial charge in [-0.25, -0.2) is 0 Å². The van der Waals surface area contributed by atoms with Crippen molar-refractivity contribution in [3.8, 4) is 11.5 Å². The van der Waals surface area contributed by atoms with Crippen LogP contribution in [0.3, 0.4) is 0 Å². The van der Waals surface area contributed by atoms with E-state index in [-0.39, 0.29) is 0 Å². The number of unbranched alkanes of at least 4 members (excludes halogenated alkanes) is 8. The Labute approximate surface area is 329 Å². The summed E-state index contributed by atoms with van der Waals surface area (Å²) in [5.41, 5.74) is 2.65. The van der Waals surface area contributed by atoms with E-state index in [9.17, 15) is 0 Å². The first kappa shape index (κ1) is 48.1. The lowest BCUT2D eigenvalue weighted by molar-refractivity contribution is -0.210. The fourth-order valence-electron chi connectivity index (χ4n) is 7.01. The Morgan fingerprint density at radius 2 is 1.10 bits per heavy atom. The molecule has 19 heteroatoms. The molecule has 0 fully saturated rings. The fraction of sp³-hybridized carbons (Fsp3) is 0.742. The Kier molecular flexibility index (Phi) is 20.5. The topological polar surface area (TPSA) is 83.1 Å². The maximum absolute atomic E-state index is 7.77. The minimum absolute atomic E-state index is 0.361. The van der Waals surface area contributed by atoms with Crippen molar-refractivity contribution in [3.05, 3.63) is 27.6 Å². The predicted molar refractivity (Wildman–Crippen MR) is 241 cm³/mol. The van der Waals surface area contributed by atoms with Crippen LogP contribution in [0.25, 0.3) is 5.76 Å². The van der Waals surface area contributed by atoms with Gasteiger partial charge in [0, 0.05) is 0 Å². The first-order chi connectivity index (χ1) is 23.3. The fourth-order valence-corrected chi connectivity index (χ4v) is 25.0. The molecule has 1 rings (SSSR count). The molecule has 0 N–H and O–H groups in total. The highest BCUT2D eigenvalue weighted by Gasteiger charge is 2.74. The lowest BCUT2D eigenvalue weighted by atomic mass is 9.95. The van der Waals surface area contributed by atoms with E-state index in [4.69, 9.17) is 39.5 Å². The van der Waals surface area contributed by atoms with E-state index in [1.807, 2.05) is 0 Å². The lowest BCUT2D eigenvalue weighted by Gasteiger charge is -2.57. The van der Waals surface area contributed by atoms with E-state index in [0.717, 1.165) is 47.3 Å². The van der Waals surface area contributed by atoms with E-state index in [2.05, 4.69) is 73.9 Å². The minimum atomic E-state index is -3.85. The van der Waals surface area contributed by atoms with Gasteiger partial charge in [0.25, 0.3) is 5.60 Å². The van der Waals surface area contributed by atoms with Gasteiger partial charge in [-0.15, -0.1) is 0 Å². The molecule has 0 aromatic heterocycles. The third kappa shape index (κ3) is 11.3. The molecule has 0 bridgehead atoms. The average Bonchev–Trinajstić information content (AvgIpc) is 3.06. The largest absolute Gasteiger partial charge is 0.555 e. The zero-order valence-corrected chi connectivity index (χ0v) is 52.2. The third-order valence-electron chi connectivity index (χ3n) is 9.66. The number of benzene rings is 1. The van der Waals surface area contributed by atoms with Gasteiger partial charge in [-0.2, -0.15) is 0 Å². The van der Waals surface area contributed by atoms with Crippen LogP contribution in [0.4, 0.5) is 0 Å². The second kappa shape index (κ2) is 21.3. The molecule has 0 spiro atoms. The van der Waals surface area contributed by atoms with Gasteiger partial charge < -0.3 is 39.5 Å². The van der Waals surface area contributed by atoms with Gasteiger partial charge in [-0.1, -0.05) is 64.7 Å². The Morgan fingerprint density at radius 3 is 1.48 bits per heavy atom. The Bertz CT molecular complexity index is 1240. The molecule has 0 saturated carbocycles. The van der Waals surface area contributed by atoms with Crippen LogP contribution in [0.2, 0.25) is 39.3 Å². The first-order valence-corrected chi connectivity index (χ1v) is 32.9. The zero-order valence-electron chi connectivity index (χ0n) is 35.2. The SMILES string of the molecule is CCCCCCCCCCCC(C)(O[SiH3])[Si](O[Si](C)(C)C)(C(O[SiH3])=C(O[SiH3])c1c(C)c(C)c(C)c(O[SiH3])c1O[SiH3])C(O[SiH3])(O[SiH3])O[Si](C)(C)C. The number of rotatable bonds is 25. The van der Waals surface area contributed by atoms with Crippen LogP contribution in [-0.4, -0.2) is 109 Å². The molecular formula is C31H74O9Si10. The summed E-state index contributed by atoms with van der Waals surface area (Å²) >= 11 is 0. The van der Waals surface area contributed by atoms with Crippen LogP contribution >= 0.6 is 0 Å². The summed E-state index contributed by atoms with van der Waals surface area (Å²) in [6.07, 6.45) is 11.9. The van der Waals surface area contributed by atoms with E-state index in [1.165, 1.54) is 44.9 Å². The van der Waals surface area contributed by atoms with Crippen molar-refractivity contribution in [2.45, 2.75) is 149 Å². The van der Waals surface area contributed by atoms with Gasteiger partial charge in [0.1, 0.15) is 27.4 Å². The highest BCUT2D eigenvalue weighted by Crippen LogP contribution is 2.52. The average molecular weight is 872 g/mol. The van der Waals surface area contributed by atoms with Crippen molar-refractivity contribution >= 4 is 104 Å². The number of hydrogen-bond acceptors (Lipinski definition) is 9. The molecule has 0 aliphatic carbocycles. The summed E-state index contributed by atoms with van der Waals surface area (Å²) in [6.45, 7) is 24.1. The molecule has 50 heavy (non-hydrogen) atoms. The summed E-state index contributed by atoms with van der Waals surface area (Å²) in [5, 5.41) is -0.168. The summed E-state index contributed by atoms with van der Waals surface area (Å²) in [7, 11) is -5.60. The monoisotopic (exact) mass is 870 g/mol. The Hall–Kier alpha value is 0.129. The second-order valence-corrected chi connectivity index (χ2v) is 31.3. The van der Waals surface area contributed by atoms with Crippen LogP contribution in [0.5, 0.6) is 11.5 Å². The van der Waals surface area contributed by atoms with Gasteiger partial charge in [-0.3, -0.25) is 0 Å². The molecule has 0 radical (unpaired) electrons. The van der Waals surface area contributed by atoms with Crippen molar-refractivity contribution in [2.24, 2.45) is 0 Å². The van der Waals surface area contributed by atoms with Crippen molar-refractivity contribution in [3.63, 3.8) is 0 Å². The van der Waals surface area contributed by atoms with Gasteiger partial charge in [0.2, 0.25) is 41.9 Å². The summed E-state index contributed by atoms with van der Waals surface area (Å²) in [5.74, 6) is 2.10. The Morgan fingerprint density at radius 1 is 0.600 bits per heavy atom. The molecule has 0 aliphatic heterocycles. The molecule has 292 valence electrons. The lowest BCUT2D eigenvalue weighted by Crippen LogP contribution is -2.80. The van der Waals surface area contributed by atoms with Gasteiger partial charge in [0.05, 0.1) is 10.8 Å². The van der Waals surface area contributed by atoms with Gasteiger partial charge in [0.15, 0.2) is 43.4 Å². The molecular weight excluding hydrogens is 797 g/mol. The molecule has 0 amide bonds. The predicted octanol–water partition coefficient (Wildman–Crippen LogP) is 0.683. The van der Waals surface area contributed by atoms with Gasteiger partial charge >= 0.3 is 8.32 Å². The normalized spacial score (nSPS) is 17.0. The highest BCUT2D eigenvalue weighted by molar-refractivity contribution is 6.94. The van der Waals surface area contributed by atoms with E-state index >= 15 is 0 Å². The molecule has 2 atom stereocenters. The molecule has 1 aromatic rings. The summed E-state index contributed by atoms with van der Waals surface area (Å²) in [4.78, 5) is 0. The molecule has 0 heterocycles. The van der Waals surface area contributed by atoms with Crippen molar-refractivity contribution < 1.29 is 39.5 Å². The van der Waals surface area contributed by atoms with Crippen molar-refractivity contribution in [1.82, 2.24) is 0 Å². The van der Waals surface area contributed by atoms with E-state index in [0.29, 0.717) is 90.3 Å². The standard InChI is InChI=1S/C31H74O9Si10/c1-12-13-14-15-16-17-18-19-20-21-30(5,36-45)50(40-49(9,10)11,31(37-46,38-47)39-48(6,7)8)29(35-44)28(34-43)25-23(3)22(2)24(4)26(32-41)27(25)33-42/h12-21H2,1-11,41-47H3. The summed E-state index contributed by atoms with van der Waals surface area (Å²) in [6, 6.07) is 0. The number of hydrogen-bond donors (Lipinski definition) is 0. The van der Waals surface area contributed by atoms with Crippen LogP contribution in [0.1, 0.15) is 100 Å². The van der Waals surface area contributed by atoms with E-state index < -0.39 is 35.8 Å². The maximum atomic E-state index is 7.77. The van der Waals surface area contributed by atoms with Crippen LogP contribution in [-0.2, 0) is 30.7 Å². The first-order valence-electron chi connectivity index (χ1n) is 18.4. The Balaban J connectivity index is 4.41. The van der Waals surface area contributed by atoms with Gasteiger partial charge in [-0.05, 0) is 90.1 Å². The van der Waals surface area contributed by atoms with Crippen molar-refractivity contribution in [2.75, 3.05) is 0 Å². The maximum Gasteiger partial charge on any atom is 0.382 e. The van der Waals surface area contributed by atoms with Crippen LogP contribution in [0.15, 0.2) is 5.38 Å². The minimum Gasteiger partial charge on any atom is -0.555 e. The third-order valence-corrected chi connectivity index (χ3v) is 24.1. The smallest absolute Gasteiger partial charge is 0.382 e. The molecule has 1 aromatic carbocycles. The van der Waals surface area contributed by atoms with E-state index in [1.54, 1.807) is 0 Å². The van der Waals surface area contributed by atoms with Crippen molar-refractivity contribution in [1.29, 1.82) is 0 Å². The van der Waals surface area contributed by atoms with Crippen LogP contribution in [0, 0.1) is 20.8 Å². The van der Waals surface area contributed by atoms with Crippen LogP contribution < -0.4 is 8.85 Å². The molecule has 9 nitrogen and oxygen atoms in total.